The van der Waals surface area contributed by atoms with Crippen LogP contribution >= 0.6 is 15.9 Å². The Hall–Kier alpha value is -0.646. The molecule has 0 fully saturated rings. The van der Waals surface area contributed by atoms with Crippen molar-refractivity contribution < 1.29 is 0 Å². The van der Waals surface area contributed by atoms with Crippen molar-refractivity contribution in [1.82, 2.24) is 0 Å². The standard InChI is InChI=1S/C18H25BrSi2/c1-18(19,20(2,3)4)21(5,16-12-8-6-9-13-16)17-14-10-7-11-15-17/h6-15H,1-5H3. The van der Waals surface area contributed by atoms with E-state index in [9.17, 15) is 0 Å². The van der Waals surface area contributed by atoms with Crippen LogP contribution < -0.4 is 10.4 Å². The topological polar surface area (TPSA) is 0 Å². The third-order valence-corrected chi connectivity index (χ3v) is 22.4. The fraction of sp³-hybridized carbons (Fsp3) is 0.333. The summed E-state index contributed by atoms with van der Waals surface area (Å²) in [6, 6.07) is 22.2. The highest BCUT2D eigenvalue weighted by Gasteiger charge is 2.54. The molecule has 0 radical (unpaired) electrons. The van der Waals surface area contributed by atoms with Crippen molar-refractivity contribution in [3.63, 3.8) is 0 Å². The van der Waals surface area contributed by atoms with Crippen LogP contribution in [-0.2, 0) is 0 Å². The van der Waals surface area contributed by atoms with E-state index in [2.05, 4.69) is 110 Å². The minimum absolute atomic E-state index is 0.190. The van der Waals surface area contributed by atoms with Crippen molar-refractivity contribution in [2.75, 3.05) is 0 Å². The number of hydrogen-bond acceptors (Lipinski definition) is 0. The Morgan fingerprint density at radius 3 is 1.33 bits per heavy atom. The maximum Gasteiger partial charge on any atom is 0.128 e. The SMILES string of the molecule is CC(Br)([Si](C)(C)C)[Si](C)(c1ccccc1)c1ccccc1. The number of hydrogen-bond donors (Lipinski definition) is 0. The summed E-state index contributed by atoms with van der Waals surface area (Å²) in [5.41, 5.74) is 0. The molecule has 0 N–H and O–H groups in total. The van der Waals surface area contributed by atoms with E-state index in [0.717, 1.165) is 0 Å². The van der Waals surface area contributed by atoms with Crippen LogP contribution in [0, 0.1) is 0 Å². The first-order valence-electron chi connectivity index (χ1n) is 7.51. The van der Waals surface area contributed by atoms with Crippen LogP contribution in [0.4, 0.5) is 0 Å². The Kier molecular flexibility index (Phi) is 4.67. The Labute approximate surface area is 139 Å². The normalized spacial score (nSPS) is 15.5. The van der Waals surface area contributed by atoms with E-state index < -0.39 is 16.1 Å². The molecule has 0 aliphatic carbocycles. The third-order valence-electron chi connectivity index (χ3n) is 5.05. The van der Waals surface area contributed by atoms with Crippen LogP contribution in [0.1, 0.15) is 6.92 Å². The Bertz CT molecular complexity index is 546. The molecule has 0 saturated heterocycles. The summed E-state index contributed by atoms with van der Waals surface area (Å²) in [4.78, 5) is 0. The molecule has 0 heterocycles. The molecule has 0 aliphatic rings. The van der Waals surface area contributed by atoms with Crippen LogP contribution in [0.2, 0.25) is 26.2 Å². The summed E-state index contributed by atoms with van der Waals surface area (Å²) < 4.78 is 0.190. The molecule has 1 atom stereocenters. The molecule has 0 aliphatic heterocycles. The van der Waals surface area contributed by atoms with Gasteiger partial charge in [-0.25, -0.2) is 0 Å². The lowest BCUT2D eigenvalue weighted by atomic mass is 10.4. The molecule has 2 aromatic carbocycles. The molecule has 2 rings (SSSR count). The zero-order valence-corrected chi connectivity index (χ0v) is 17.2. The van der Waals surface area contributed by atoms with Crippen LogP contribution in [0.3, 0.4) is 0 Å². The minimum Gasteiger partial charge on any atom is -0.0917 e. The first-order valence-corrected chi connectivity index (χ1v) is 14.3. The highest BCUT2D eigenvalue weighted by Crippen LogP contribution is 2.38. The zero-order chi connectivity index (χ0) is 15.7. The second-order valence-electron chi connectivity index (χ2n) is 7.11. The fourth-order valence-corrected chi connectivity index (χ4v) is 14.4. The third kappa shape index (κ3) is 2.83. The lowest BCUT2D eigenvalue weighted by Gasteiger charge is -2.49. The smallest absolute Gasteiger partial charge is 0.0917 e. The van der Waals surface area contributed by atoms with E-state index in [4.69, 9.17) is 0 Å². The Morgan fingerprint density at radius 1 is 0.714 bits per heavy atom. The van der Waals surface area contributed by atoms with Crippen LogP contribution in [0.25, 0.3) is 0 Å². The van der Waals surface area contributed by atoms with Gasteiger partial charge in [0.05, 0.1) is 8.07 Å². The van der Waals surface area contributed by atoms with Crippen molar-refractivity contribution in [3.8, 4) is 0 Å². The number of alkyl halides is 1. The first-order chi connectivity index (χ1) is 9.71. The highest BCUT2D eigenvalue weighted by molar-refractivity contribution is 9.11. The van der Waals surface area contributed by atoms with Crippen LogP contribution in [-0.4, -0.2) is 19.7 Å². The van der Waals surface area contributed by atoms with Gasteiger partial charge < -0.3 is 0 Å². The molecule has 0 spiro atoms. The molecule has 2 aromatic rings. The second-order valence-corrected chi connectivity index (χ2v) is 20.6. The number of halogens is 1. The molecule has 1 unspecified atom stereocenters. The van der Waals surface area contributed by atoms with Gasteiger partial charge in [-0.2, -0.15) is 0 Å². The maximum absolute atomic E-state index is 4.22. The average Bonchev–Trinajstić information content (AvgIpc) is 2.47. The molecule has 21 heavy (non-hydrogen) atoms. The molecular weight excluding hydrogens is 352 g/mol. The van der Waals surface area contributed by atoms with Crippen molar-refractivity contribution in [1.29, 1.82) is 0 Å². The quantitative estimate of drug-likeness (QED) is 0.546. The summed E-state index contributed by atoms with van der Waals surface area (Å²) >= 11 is 4.22. The largest absolute Gasteiger partial charge is 0.128 e. The van der Waals surface area contributed by atoms with Gasteiger partial charge in [-0.3, -0.25) is 0 Å². The molecule has 0 saturated carbocycles. The van der Waals surface area contributed by atoms with Gasteiger partial charge in [-0.1, -0.05) is 120 Å². The fourth-order valence-electron chi connectivity index (χ4n) is 3.00. The zero-order valence-electron chi connectivity index (χ0n) is 13.7. The number of rotatable bonds is 4. The predicted octanol–water partition coefficient (Wildman–Crippen LogP) is 4.45. The first kappa shape index (κ1) is 16.7. The molecule has 3 heteroatoms. The molecule has 0 bridgehead atoms. The van der Waals surface area contributed by atoms with Crippen molar-refractivity contribution >= 4 is 42.5 Å². The average molecular weight is 377 g/mol. The minimum atomic E-state index is -1.89. The van der Waals surface area contributed by atoms with Gasteiger partial charge in [0.2, 0.25) is 0 Å². The molecule has 0 nitrogen and oxygen atoms in total. The van der Waals surface area contributed by atoms with Gasteiger partial charge in [0, 0.05) is 3.57 Å². The van der Waals surface area contributed by atoms with E-state index in [-0.39, 0.29) is 3.57 Å². The summed E-state index contributed by atoms with van der Waals surface area (Å²) in [7, 11) is -3.29. The molecule has 112 valence electrons. The van der Waals surface area contributed by atoms with E-state index in [1.807, 2.05) is 0 Å². The number of benzene rings is 2. The van der Waals surface area contributed by atoms with Gasteiger partial charge in [0.25, 0.3) is 0 Å². The van der Waals surface area contributed by atoms with E-state index in [1.54, 1.807) is 0 Å². The van der Waals surface area contributed by atoms with Gasteiger partial charge >= 0.3 is 0 Å². The van der Waals surface area contributed by atoms with E-state index in [0.29, 0.717) is 0 Å². The van der Waals surface area contributed by atoms with Gasteiger partial charge in [-0.05, 0) is 0 Å². The van der Waals surface area contributed by atoms with Crippen LogP contribution in [0.5, 0.6) is 0 Å². The summed E-state index contributed by atoms with van der Waals surface area (Å²) in [6.45, 7) is 12.4. The van der Waals surface area contributed by atoms with Gasteiger partial charge in [0.1, 0.15) is 8.07 Å². The summed E-state index contributed by atoms with van der Waals surface area (Å²) in [5, 5.41) is 3.02. The molecule has 0 amide bonds. The summed E-state index contributed by atoms with van der Waals surface area (Å²) in [5.74, 6) is 0. The molecule has 0 aromatic heterocycles. The Morgan fingerprint density at radius 2 is 1.05 bits per heavy atom. The van der Waals surface area contributed by atoms with Crippen LogP contribution in [0.15, 0.2) is 60.7 Å². The van der Waals surface area contributed by atoms with E-state index in [1.165, 1.54) is 10.4 Å². The maximum atomic E-state index is 4.22. The second kappa shape index (κ2) is 5.86. The van der Waals surface area contributed by atoms with Crippen molar-refractivity contribution in [3.05, 3.63) is 60.7 Å². The predicted molar refractivity (Wildman–Crippen MR) is 104 cm³/mol. The Balaban J connectivity index is 2.73. The molecular formula is C18H25BrSi2. The lowest BCUT2D eigenvalue weighted by molar-refractivity contribution is 1.15. The monoisotopic (exact) mass is 376 g/mol. The highest BCUT2D eigenvalue weighted by atomic mass is 79.9. The lowest BCUT2D eigenvalue weighted by Crippen LogP contribution is -2.75. The van der Waals surface area contributed by atoms with Gasteiger partial charge in [-0.15, -0.1) is 0 Å². The summed E-state index contributed by atoms with van der Waals surface area (Å²) in [6.07, 6.45) is 0. The van der Waals surface area contributed by atoms with Crippen molar-refractivity contribution in [2.24, 2.45) is 0 Å². The van der Waals surface area contributed by atoms with Gasteiger partial charge in [0.15, 0.2) is 0 Å². The van der Waals surface area contributed by atoms with E-state index >= 15 is 0 Å². The van der Waals surface area contributed by atoms with Crippen molar-refractivity contribution in [2.45, 2.75) is 36.7 Å².